The second-order valence-electron chi connectivity index (χ2n) is 3.78. The molecule has 2 aromatic rings. The Bertz CT molecular complexity index is 541. The van der Waals surface area contributed by atoms with Crippen LogP contribution in [-0.4, -0.2) is 10.1 Å². The Morgan fingerprint density at radius 3 is 2.50 bits per heavy atom. The Labute approximate surface area is 115 Å². The van der Waals surface area contributed by atoms with Gasteiger partial charge in [0, 0.05) is 18.3 Å². The Hall–Kier alpha value is -1.29. The molecule has 0 saturated carbocycles. The summed E-state index contributed by atoms with van der Waals surface area (Å²) >= 11 is 11.7. The number of nitrogens with zero attached hydrogens (tertiary/aromatic N) is 1. The molecule has 0 aliphatic carbocycles. The van der Waals surface area contributed by atoms with Crippen molar-refractivity contribution in [1.29, 1.82) is 0 Å². The summed E-state index contributed by atoms with van der Waals surface area (Å²) in [6, 6.07) is 8.42. The maximum absolute atomic E-state index is 9.36. The van der Waals surface area contributed by atoms with Gasteiger partial charge in [-0.1, -0.05) is 23.2 Å². The van der Waals surface area contributed by atoms with E-state index in [2.05, 4.69) is 4.98 Å². The number of hydrogen-bond acceptors (Lipinski definition) is 3. The van der Waals surface area contributed by atoms with Crippen molar-refractivity contribution < 1.29 is 9.84 Å². The minimum Gasteiger partial charge on any atom is -0.439 e. The lowest BCUT2D eigenvalue weighted by molar-refractivity contribution is 0.198. The largest absolute Gasteiger partial charge is 0.439 e. The molecule has 0 fully saturated rings. The first-order valence-electron chi connectivity index (χ1n) is 5.33. The Kier molecular flexibility index (Phi) is 4.07. The van der Waals surface area contributed by atoms with E-state index in [0.29, 0.717) is 21.7 Å². The Balaban J connectivity index is 2.15. The molecule has 0 aliphatic heterocycles. The highest BCUT2D eigenvalue weighted by Gasteiger charge is 2.04. The molecule has 0 aliphatic rings. The van der Waals surface area contributed by atoms with Crippen molar-refractivity contribution in [3.05, 3.63) is 52.1 Å². The normalized spacial score (nSPS) is 12.2. The van der Waals surface area contributed by atoms with Gasteiger partial charge in [-0.25, -0.2) is 4.98 Å². The van der Waals surface area contributed by atoms with Crippen LogP contribution < -0.4 is 4.74 Å². The average Bonchev–Trinajstić information content (AvgIpc) is 2.34. The highest BCUT2D eigenvalue weighted by Crippen LogP contribution is 2.28. The third kappa shape index (κ3) is 3.13. The molecule has 2 rings (SSSR count). The van der Waals surface area contributed by atoms with Crippen LogP contribution in [0, 0.1) is 0 Å². The molecule has 3 nitrogen and oxygen atoms in total. The predicted octanol–water partition coefficient (Wildman–Crippen LogP) is 4.23. The zero-order valence-corrected chi connectivity index (χ0v) is 11.1. The maximum Gasteiger partial charge on any atom is 0.219 e. The van der Waals surface area contributed by atoms with E-state index in [1.54, 1.807) is 43.5 Å². The van der Waals surface area contributed by atoms with Crippen LogP contribution in [-0.2, 0) is 0 Å². The number of ether oxygens (including phenoxy) is 1. The van der Waals surface area contributed by atoms with Gasteiger partial charge >= 0.3 is 0 Å². The molecule has 1 atom stereocenters. The lowest BCUT2D eigenvalue weighted by Crippen LogP contribution is -1.93. The monoisotopic (exact) mass is 283 g/mol. The first kappa shape index (κ1) is 13.1. The summed E-state index contributed by atoms with van der Waals surface area (Å²) in [5, 5.41) is 10.3. The lowest BCUT2D eigenvalue weighted by Gasteiger charge is -2.07. The van der Waals surface area contributed by atoms with Gasteiger partial charge in [0.25, 0.3) is 0 Å². The van der Waals surface area contributed by atoms with Crippen molar-refractivity contribution >= 4 is 23.2 Å². The molecule has 1 heterocycles. The molecule has 0 amide bonds. The highest BCUT2D eigenvalue weighted by atomic mass is 35.5. The van der Waals surface area contributed by atoms with E-state index < -0.39 is 6.10 Å². The van der Waals surface area contributed by atoms with Crippen LogP contribution in [0.4, 0.5) is 0 Å². The van der Waals surface area contributed by atoms with Crippen molar-refractivity contribution in [2.75, 3.05) is 0 Å². The van der Waals surface area contributed by atoms with Crippen molar-refractivity contribution in [2.45, 2.75) is 13.0 Å². The standard InChI is InChI=1S/C13H11Cl2NO2/c1-8(17)9-2-5-13(16-7-9)18-10-3-4-11(14)12(15)6-10/h2-8,17H,1H3/t8-/m0/s1. The van der Waals surface area contributed by atoms with Crippen molar-refractivity contribution in [3.63, 3.8) is 0 Å². The van der Waals surface area contributed by atoms with Gasteiger partial charge in [0.15, 0.2) is 0 Å². The summed E-state index contributed by atoms with van der Waals surface area (Å²) in [6.45, 7) is 1.68. The number of halogens is 2. The summed E-state index contributed by atoms with van der Waals surface area (Å²) in [5.74, 6) is 0.986. The molecular weight excluding hydrogens is 273 g/mol. The molecule has 1 aromatic heterocycles. The smallest absolute Gasteiger partial charge is 0.219 e. The van der Waals surface area contributed by atoms with Gasteiger partial charge in [-0.2, -0.15) is 0 Å². The maximum atomic E-state index is 9.36. The molecule has 1 N–H and O–H groups in total. The molecule has 0 spiro atoms. The summed E-state index contributed by atoms with van der Waals surface area (Å²) in [4.78, 5) is 4.09. The third-order valence-corrected chi connectivity index (χ3v) is 3.09. The zero-order chi connectivity index (χ0) is 13.1. The van der Waals surface area contributed by atoms with Gasteiger partial charge in [-0.15, -0.1) is 0 Å². The van der Waals surface area contributed by atoms with Crippen molar-refractivity contribution in [2.24, 2.45) is 0 Å². The first-order valence-corrected chi connectivity index (χ1v) is 6.09. The number of hydrogen-bond donors (Lipinski definition) is 1. The first-order chi connectivity index (χ1) is 8.56. The van der Waals surface area contributed by atoms with E-state index in [-0.39, 0.29) is 0 Å². The van der Waals surface area contributed by atoms with E-state index in [4.69, 9.17) is 27.9 Å². The molecule has 1 aromatic carbocycles. The summed E-state index contributed by atoms with van der Waals surface area (Å²) in [7, 11) is 0. The van der Waals surface area contributed by atoms with Gasteiger partial charge in [0.05, 0.1) is 16.1 Å². The van der Waals surface area contributed by atoms with Crippen LogP contribution in [0.2, 0.25) is 10.0 Å². The van der Waals surface area contributed by atoms with Crippen LogP contribution in [0.25, 0.3) is 0 Å². The Morgan fingerprint density at radius 2 is 1.94 bits per heavy atom. The second-order valence-corrected chi connectivity index (χ2v) is 4.60. The fourth-order valence-corrected chi connectivity index (χ4v) is 1.65. The number of pyridine rings is 1. The number of aliphatic hydroxyl groups is 1. The SMILES string of the molecule is C[C@H](O)c1ccc(Oc2ccc(Cl)c(Cl)c2)nc1. The summed E-state index contributed by atoms with van der Waals surface area (Å²) < 4.78 is 5.51. The average molecular weight is 284 g/mol. The van der Waals surface area contributed by atoms with E-state index >= 15 is 0 Å². The lowest BCUT2D eigenvalue weighted by atomic mass is 10.2. The molecule has 94 valence electrons. The van der Waals surface area contributed by atoms with Crippen LogP contribution in [0.15, 0.2) is 36.5 Å². The molecule has 0 unspecified atom stereocenters. The van der Waals surface area contributed by atoms with Gasteiger partial charge in [0.2, 0.25) is 5.88 Å². The van der Waals surface area contributed by atoms with Crippen LogP contribution in [0.1, 0.15) is 18.6 Å². The Morgan fingerprint density at radius 1 is 1.17 bits per heavy atom. The topological polar surface area (TPSA) is 42.4 Å². The van der Waals surface area contributed by atoms with E-state index in [0.717, 1.165) is 5.56 Å². The number of aromatic nitrogens is 1. The fourth-order valence-electron chi connectivity index (χ4n) is 1.36. The molecular formula is C13H11Cl2NO2. The van der Waals surface area contributed by atoms with Gasteiger partial charge in [-0.3, -0.25) is 0 Å². The van der Waals surface area contributed by atoms with E-state index in [1.165, 1.54) is 0 Å². The third-order valence-electron chi connectivity index (χ3n) is 2.36. The van der Waals surface area contributed by atoms with Crippen LogP contribution in [0.5, 0.6) is 11.6 Å². The molecule has 0 radical (unpaired) electrons. The molecule has 0 bridgehead atoms. The zero-order valence-electron chi connectivity index (χ0n) is 9.60. The van der Waals surface area contributed by atoms with Crippen molar-refractivity contribution in [1.82, 2.24) is 4.98 Å². The molecule has 5 heteroatoms. The number of rotatable bonds is 3. The van der Waals surface area contributed by atoms with Gasteiger partial charge in [-0.05, 0) is 30.7 Å². The summed E-state index contributed by atoms with van der Waals surface area (Å²) in [5.41, 5.74) is 0.733. The minimum atomic E-state index is -0.545. The number of benzene rings is 1. The van der Waals surface area contributed by atoms with Gasteiger partial charge < -0.3 is 9.84 Å². The fraction of sp³-hybridized carbons (Fsp3) is 0.154. The van der Waals surface area contributed by atoms with Gasteiger partial charge in [0.1, 0.15) is 5.75 Å². The van der Waals surface area contributed by atoms with Crippen LogP contribution in [0.3, 0.4) is 0 Å². The molecule has 0 saturated heterocycles. The second kappa shape index (κ2) is 5.57. The highest BCUT2D eigenvalue weighted by molar-refractivity contribution is 6.42. The summed E-state index contributed by atoms with van der Waals surface area (Å²) in [6.07, 6.45) is 1.02. The number of aliphatic hydroxyl groups excluding tert-OH is 1. The van der Waals surface area contributed by atoms with Crippen molar-refractivity contribution in [3.8, 4) is 11.6 Å². The minimum absolute atomic E-state index is 0.426. The predicted molar refractivity (Wildman–Crippen MR) is 71.4 cm³/mol. The van der Waals surface area contributed by atoms with Crippen LogP contribution >= 0.6 is 23.2 Å². The quantitative estimate of drug-likeness (QED) is 0.916. The van der Waals surface area contributed by atoms with E-state index in [9.17, 15) is 5.11 Å². The van der Waals surface area contributed by atoms with E-state index in [1.807, 2.05) is 0 Å². The molecule has 18 heavy (non-hydrogen) atoms.